The van der Waals surface area contributed by atoms with Crippen molar-refractivity contribution >= 4 is 84.4 Å². The number of carbonyl (C=O) groups is 10. The maximum atomic E-state index is 13.6. The Hall–Kier alpha value is -7.96. The van der Waals surface area contributed by atoms with Crippen LogP contribution in [0, 0.1) is 17.3 Å². The fourth-order valence-electron chi connectivity index (χ4n) is 13.4. The van der Waals surface area contributed by atoms with Crippen LogP contribution in [0.5, 0.6) is 11.5 Å². The Labute approximate surface area is 562 Å². The summed E-state index contributed by atoms with van der Waals surface area (Å²) in [5, 5.41) is 21.7. The van der Waals surface area contributed by atoms with Crippen LogP contribution in [0.2, 0.25) is 11.6 Å². The van der Waals surface area contributed by atoms with Crippen LogP contribution in [-0.2, 0) is 68.5 Å². The van der Waals surface area contributed by atoms with Crippen LogP contribution in [0.25, 0.3) is 0 Å². The van der Waals surface area contributed by atoms with Crippen molar-refractivity contribution in [3.8, 4) is 11.5 Å². The van der Waals surface area contributed by atoms with Gasteiger partial charge in [-0.25, -0.2) is 14.4 Å². The van der Waals surface area contributed by atoms with Gasteiger partial charge in [-0.15, -0.1) is 0 Å². The van der Waals surface area contributed by atoms with Crippen LogP contribution in [-0.4, -0.2) is 178 Å². The molecule has 11 rings (SSSR count). The monoisotopic (exact) mass is 1330 g/mol. The molecular formula is C69H91B2ClN6O17. The molecule has 3 unspecified atom stereocenters. The number of hydrogen-bond donors (Lipinski definition) is 4. The number of hydrogen-bond acceptors (Lipinski definition) is 17. The summed E-state index contributed by atoms with van der Waals surface area (Å²) >= 11 is 5.10. The van der Waals surface area contributed by atoms with E-state index in [1.54, 1.807) is 63.4 Å². The number of esters is 1. The molecule has 6 fully saturated rings. The molecule has 512 valence electrons. The first-order valence-corrected chi connectivity index (χ1v) is 31.9. The number of piperazine rings is 2. The molecule has 4 aromatic rings. The maximum Gasteiger partial charge on any atom is 0.526 e. The Morgan fingerprint density at radius 2 is 1.32 bits per heavy atom. The number of aromatic carboxylic acids is 1. The number of nitrogens with zero attached hydrogens (tertiary/aromatic N) is 4. The summed E-state index contributed by atoms with van der Waals surface area (Å²) in [6.07, 6.45) is 3.33. The van der Waals surface area contributed by atoms with Crippen molar-refractivity contribution < 1.29 is 81.5 Å². The molecule has 7 amide bonds. The molecule has 3 saturated heterocycles. The first-order chi connectivity index (χ1) is 44.0. The minimum absolute atomic E-state index is 0. The number of imide groups is 2. The minimum Gasteiger partial charge on any atom is -0.535 e. The van der Waals surface area contributed by atoms with E-state index in [0.717, 1.165) is 39.3 Å². The summed E-state index contributed by atoms with van der Waals surface area (Å²) in [4.78, 5) is 127. The number of carbonyl (C=O) groups excluding carboxylic acids is 9. The summed E-state index contributed by atoms with van der Waals surface area (Å²) in [6.45, 7) is 17.4. The lowest BCUT2D eigenvalue weighted by atomic mass is 9.43. The fraction of sp³-hybridized carbons (Fsp3) is 0.507. The van der Waals surface area contributed by atoms with Gasteiger partial charge >= 0.3 is 61.2 Å². The molecule has 4 aromatic carbocycles. The van der Waals surface area contributed by atoms with Gasteiger partial charge in [0, 0.05) is 63.7 Å². The summed E-state index contributed by atoms with van der Waals surface area (Å²) in [6, 6.07) is 26.4. The van der Waals surface area contributed by atoms with E-state index in [1.807, 2.05) is 69.3 Å². The molecule has 95 heavy (non-hydrogen) atoms. The number of urea groups is 1. The van der Waals surface area contributed by atoms with Crippen LogP contribution in [0.1, 0.15) is 139 Å². The number of methoxy groups -OCH3 is 1. The van der Waals surface area contributed by atoms with Crippen molar-refractivity contribution in [2.45, 2.75) is 163 Å². The van der Waals surface area contributed by atoms with Gasteiger partial charge in [-0.05, 0) is 143 Å². The number of benzene rings is 4. The van der Waals surface area contributed by atoms with Crippen LogP contribution < -0.4 is 20.4 Å². The topological polar surface area (TPSA) is 308 Å². The number of fused-ring (bicyclic) bond motifs is 1. The number of ether oxygens (including phenoxy) is 2. The van der Waals surface area contributed by atoms with Gasteiger partial charge in [0.25, 0.3) is 0 Å². The van der Waals surface area contributed by atoms with Gasteiger partial charge in [0.05, 0.1) is 36.5 Å². The third kappa shape index (κ3) is 17.6. The number of nitrogens with two attached hydrogens (primary N) is 1. The molecule has 0 spiro atoms. The molecule has 23 nitrogen and oxygen atoms in total. The number of nitrogens with one attached hydrogen (secondary N) is 1. The van der Waals surface area contributed by atoms with Crippen molar-refractivity contribution in [3.63, 3.8) is 0 Å². The lowest BCUT2D eigenvalue weighted by Crippen LogP contribution is -2.65. The molecular weight excluding hydrogens is 1240 g/mol. The first kappa shape index (κ1) is 76.1. The molecule has 0 radical (unpaired) electrons. The zero-order valence-corrected chi connectivity index (χ0v) is 54.9. The van der Waals surface area contributed by atoms with Gasteiger partial charge < -0.3 is 54.4 Å². The number of carboxylic acids is 1. The van der Waals surface area contributed by atoms with Gasteiger partial charge in [-0.3, -0.25) is 43.4 Å². The highest BCUT2D eigenvalue weighted by Crippen LogP contribution is 2.66. The zero-order chi connectivity index (χ0) is 67.9. The quantitative estimate of drug-likeness (QED) is 0.0226. The lowest BCUT2D eigenvalue weighted by Gasteiger charge is -2.64. The molecule has 8 atom stereocenters. The Morgan fingerprint density at radius 3 is 1.87 bits per heavy atom. The number of rotatable bonds is 19. The van der Waals surface area contributed by atoms with Gasteiger partial charge in [0.1, 0.15) is 28.4 Å². The Bertz CT molecular complexity index is 3470. The second kappa shape index (κ2) is 32.2. The van der Waals surface area contributed by atoms with Gasteiger partial charge in [-0.2, -0.15) is 0 Å². The highest BCUT2D eigenvalue weighted by atomic mass is 35.5. The van der Waals surface area contributed by atoms with Crippen LogP contribution in [0.15, 0.2) is 97.1 Å². The van der Waals surface area contributed by atoms with E-state index >= 15 is 0 Å². The third-order valence-corrected chi connectivity index (χ3v) is 18.9. The highest BCUT2D eigenvalue weighted by Gasteiger charge is 2.68. The number of ketones is 2. The molecule has 3 saturated carbocycles. The lowest BCUT2D eigenvalue weighted by molar-refractivity contribution is -0.199. The Balaban J connectivity index is 0.000000249. The zero-order valence-electron chi connectivity index (χ0n) is 54.1. The largest absolute Gasteiger partial charge is 0.535 e. The molecule has 4 heterocycles. The summed E-state index contributed by atoms with van der Waals surface area (Å²) in [5.74, 6) is -4.79. The van der Waals surface area contributed by atoms with E-state index in [1.165, 1.54) is 15.9 Å². The van der Waals surface area contributed by atoms with E-state index < -0.39 is 96.1 Å². The molecule has 4 aliphatic heterocycles. The van der Waals surface area contributed by atoms with E-state index in [9.17, 15) is 58.1 Å². The number of para-hydroxylation sites is 2. The normalized spacial score (nSPS) is 21.8. The number of carboxylic acid groups (broad SMARTS) is 1. The first-order valence-electron chi connectivity index (χ1n) is 31.5. The molecule has 26 heteroatoms. The number of Topliss-reactive ketones (excluding diaryl/α,β-unsaturated/α-hetero) is 2. The molecule has 3 aliphatic carbocycles. The van der Waals surface area contributed by atoms with Gasteiger partial charge in [0.2, 0.25) is 0 Å². The van der Waals surface area contributed by atoms with Crippen LogP contribution >= 0.6 is 11.6 Å². The number of likely N-dealkylation sites (N-methyl/N-ethyl adjacent to an activating group) is 2. The number of amides is 7. The van der Waals surface area contributed by atoms with Gasteiger partial charge in [-0.1, -0.05) is 114 Å². The minimum atomic E-state index is -1.43. The molecule has 2 bridgehead atoms. The van der Waals surface area contributed by atoms with Gasteiger partial charge in [0.15, 0.2) is 5.78 Å². The fourth-order valence-corrected chi connectivity index (χ4v) is 13.5. The summed E-state index contributed by atoms with van der Waals surface area (Å²) in [7, 11) is -0.449. The van der Waals surface area contributed by atoms with E-state index in [0.29, 0.717) is 61.2 Å². The second-order valence-corrected chi connectivity index (χ2v) is 26.5. The molecule has 0 aromatic heterocycles. The average Bonchev–Trinajstić information content (AvgIpc) is 1.64. The third-order valence-electron chi connectivity index (χ3n) is 18.7. The molecule has 7 aliphatic rings. The van der Waals surface area contributed by atoms with Crippen LogP contribution in [0.3, 0.4) is 0 Å². The van der Waals surface area contributed by atoms with Crippen molar-refractivity contribution in [1.29, 1.82) is 0 Å². The Morgan fingerprint density at radius 1 is 0.747 bits per heavy atom. The summed E-state index contributed by atoms with van der Waals surface area (Å²) < 4.78 is 30.4. The molecule has 5 N–H and O–H groups in total. The van der Waals surface area contributed by atoms with Crippen LogP contribution in [0.4, 0.5) is 9.59 Å². The predicted octanol–water partition coefficient (Wildman–Crippen LogP) is 8.27. The highest BCUT2D eigenvalue weighted by molar-refractivity contribution is 6.65. The average molecular weight is 1330 g/mol. The Kier molecular flexibility index (Phi) is 25.8. The van der Waals surface area contributed by atoms with Crippen molar-refractivity contribution in [2.24, 2.45) is 23.0 Å². The standard InChI is InChI=1S/C34H46BNO6.C26H28BN3O8.C7H9ClN2O3.2CH4/c1-32(2,3)40-31(38)25-15-11-14-22(30(25)39-7)17-24(20-27(37)26(36)16-21-12-9-8-10-13-21)35-41-29-19-23-18-28(33(23,4)5)34(29,6)42-35;1-2-29-11-12-30(24(33)23(29)32)26(36)28-20(13-16-7-4-3-5-8-16)21(31)15-18-14-17-9-6-10-19(25(34)35)22(17)38-27(18)37;1-2-9-3-4-10(7(8)13)6(12)5(9)11;;/h8-15,23-24,26,28-29H,16-20,36H2,1-7H3;3-10,18,20,37H,2,11-15H2,1H3,(H,28,36)(H,34,35);2-4H2,1H3;2*1H4/t23-,24-,26?,28+,29?,34+;18-,20?;;;/m11.../s1. The summed E-state index contributed by atoms with van der Waals surface area (Å²) in [5.41, 5.74) is 9.03. The SMILES string of the molecule is C.C.CCN1CCN(C(=O)Cl)C(=O)C1=O.CCN1CCN(C(=O)NC(Cc2ccccc2)C(=O)C[C@H]2Cc3cccc(C(=O)O)c3OB2O)C(=O)C1=O.COc1c(C[C@H](CC(=O)C(N)Cc2ccccc2)B2OC3C[C@H]4C[C@@H](C4(C)C)[C@]3(C)O2)cccc1C(=O)OC(C)(C)C. The second-order valence-electron chi connectivity index (χ2n) is 26.1. The predicted molar refractivity (Wildman–Crippen MR) is 358 cm³/mol. The van der Waals surface area contributed by atoms with Crippen molar-refractivity contribution in [1.82, 2.24) is 24.9 Å². The smallest absolute Gasteiger partial charge is 0.526 e. The number of halogens is 1. The van der Waals surface area contributed by atoms with E-state index in [-0.39, 0.29) is 94.6 Å². The van der Waals surface area contributed by atoms with Crippen molar-refractivity contribution in [2.75, 3.05) is 46.4 Å². The van der Waals surface area contributed by atoms with E-state index in [4.69, 9.17) is 40.8 Å². The van der Waals surface area contributed by atoms with E-state index in [2.05, 4.69) is 26.1 Å². The maximum absolute atomic E-state index is 13.6. The van der Waals surface area contributed by atoms with Crippen molar-refractivity contribution in [3.05, 3.63) is 130 Å².